The van der Waals surface area contributed by atoms with Crippen LogP contribution >= 0.6 is 0 Å². The van der Waals surface area contributed by atoms with E-state index in [1.807, 2.05) is 0 Å². The summed E-state index contributed by atoms with van der Waals surface area (Å²) in [6.45, 7) is 0. The number of methoxy groups -OCH3 is 2. The Kier molecular flexibility index (Phi) is 5.50. The lowest BCUT2D eigenvalue weighted by Crippen LogP contribution is -2.07. The van der Waals surface area contributed by atoms with Crippen molar-refractivity contribution in [2.75, 3.05) is 14.2 Å². The van der Waals surface area contributed by atoms with E-state index in [2.05, 4.69) is 4.98 Å². The molecule has 0 atom stereocenters. The quantitative estimate of drug-likeness (QED) is 0.211. The SMILES string of the molecule is COc1cccc(/C=C/C(=O)Oc2c([N+](=O)[O-])ccc3cccnc23)c1OC. The van der Waals surface area contributed by atoms with Gasteiger partial charge in [0.2, 0.25) is 5.75 Å². The molecule has 1 heterocycles. The van der Waals surface area contributed by atoms with Gasteiger partial charge in [0, 0.05) is 29.3 Å². The van der Waals surface area contributed by atoms with Crippen molar-refractivity contribution in [2.24, 2.45) is 0 Å². The van der Waals surface area contributed by atoms with Crippen molar-refractivity contribution in [3.05, 3.63) is 70.4 Å². The van der Waals surface area contributed by atoms with Gasteiger partial charge in [-0.25, -0.2) is 4.79 Å². The van der Waals surface area contributed by atoms with E-state index in [0.717, 1.165) is 6.08 Å². The molecule has 0 spiro atoms. The van der Waals surface area contributed by atoms with Gasteiger partial charge in [0.1, 0.15) is 5.52 Å². The number of para-hydroxylation sites is 1. The molecule has 8 heteroatoms. The average molecular weight is 380 g/mol. The summed E-state index contributed by atoms with van der Waals surface area (Å²) in [6.07, 6.45) is 4.11. The van der Waals surface area contributed by atoms with Gasteiger partial charge >= 0.3 is 11.7 Å². The van der Waals surface area contributed by atoms with Crippen molar-refractivity contribution in [2.45, 2.75) is 0 Å². The summed E-state index contributed by atoms with van der Waals surface area (Å²) in [5.41, 5.74) is 0.480. The van der Waals surface area contributed by atoms with Gasteiger partial charge in [-0.1, -0.05) is 18.2 Å². The molecule has 0 saturated heterocycles. The van der Waals surface area contributed by atoms with Gasteiger partial charge in [-0.3, -0.25) is 15.1 Å². The lowest BCUT2D eigenvalue weighted by atomic mass is 10.1. The molecule has 0 radical (unpaired) electrons. The highest BCUT2D eigenvalue weighted by Gasteiger charge is 2.21. The first-order chi connectivity index (χ1) is 13.5. The summed E-state index contributed by atoms with van der Waals surface area (Å²) >= 11 is 0. The molecule has 142 valence electrons. The zero-order valence-corrected chi connectivity index (χ0v) is 15.1. The second-order valence-corrected chi connectivity index (χ2v) is 5.58. The topological polar surface area (TPSA) is 101 Å². The predicted octanol–water partition coefficient (Wildman–Crippen LogP) is 3.78. The molecule has 0 aliphatic carbocycles. The van der Waals surface area contributed by atoms with Crippen LogP contribution in [-0.4, -0.2) is 30.1 Å². The predicted molar refractivity (Wildman–Crippen MR) is 103 cm³/mol. The molecule has 0 aliphatic heterocycles. The zero-order valence-electron chi connectivity index (χ0n) is 15.1. The summed E-state index contributed by atoms with van der Waals surface area (Å²) in [6, 6.07) is 11.4. The minimum Gasteiger partial charge on any atom is -0.493 e. The molecule has 0 aliphatic rings. The Morgan fingerprint density at radius 3 is 2.61 bits per heavy atom. The summed E-state index contributed by atoms with van der Waals surface area (Å²) in [5.74, 6) is -0.0275. The molecule has 0 amide bonds. The van der Waals surface area contributed by atoms with E-state index >= 15 is 0 Å². The van der Waals surface area contributed by atoms with Crippen LogP contribution in [0.4, 0.5) is 5.69 Å². The normalized spacial score (nSPS) is 10.8. The Morgan fingerprint density at radius 2 is 1.89 bits per heavy atom. The molecule has 0 saturated carbocycles. The number of nitrogens with zero attached hydrogens (tertiary/aromatic N) is 2. The van der Waals surface area contributed by atoms with Gasteiger partial charge in [-0.05, 0) is 24.3 Å². The first-order valence-electron chi connectivity index (χ1n) is 8.18. The lowest BCUT2D eigenvalue weighted by molar-refractivity contribution is -0.385. The number of hydrogen-bond acceptors (Lipinski definition) is 7. The van der Waals surface area contributed by atoms with E-state index in [1.54, 1.807) is 36.4 Å². The monoisotopic (exact) mass is 380 g/mol. The Balaban J connectivity index is 1.93. The van der Waals surface area contributed by atoms with Crippen molar-refractivity contribution in [3.63, 3.8) is 0 Å². The van der Waals surface area contributed by atoms with Gasteiger partial charge in [-0.15, -0.1) is 0 Å². The Morgan fingerprint density at radius 1 is 1.07 bits per heavy atom. The van der Waals surface area contributed by atoms with Crippen LogP contribution in [0.1, 0.15) is 5.56 Å². The fraction of sp³-hybridized carbons (Fsp3) is 0.100. The molecule has 0 unspecified atom stereocenters. The highest BCUT2D eigenvalue weighted by Crippen LogP contribution is 2.34. The molecular formula is C20H16N2O6. The molecule has 3 aromatic rings. The molecule has 8 nitrogen and oxygen atoms in total. The number of esters is 1. The van der Waals surface area contributed by atoms with Gasteiger partial charge in [-0.2, -0.15) is 0 Å². The molecule has 2 aromatic carbocycles. The molecule has 0 fully saturated rings. The third kappa shape index (κ3) is 3.75. The Labute approximate surface area is 160 Å². The van der Waals surface area contributed by atoms with Crippen molar-refractivity contribution in [1.82, 2.24) is 4.98 Å². The fourth-order valence-electron chi connectivity index (χ4n) is 2.69. The number of nitro benzene ring substituents is 1. The van der Waals surface area contributed by atoms with Crippen LogP contribution in [0.25, 0.3) is 17.0 Å². The molecule has 28 heavy (non-hydrogen) atoms. The maximum Gasteiger partial charge on any atom is 0.336 e. The van der Waals surface area contributed by atoms with E-state index in [4.69, 9.17) is 14.2 Å². The van der Waals surface area contributed by atoms with Gasteiger partial charge in [0.15, 0.2) is 11.5 Å². The van der Waals surface area contributed by atoms with Crippen LogP contribution in [0.15, 0.2) is 54.7 Å². The van der Waals surface area contributed by atoms with Gasteiger partial charge in [0.25, 0.3) is 0 Å². The summed E-state index contributed by atoms with van der Waals surface area (Å²) < 4.78 is 15.8. The maximum atomic E-state index is 12.3. The number of hydrogen-bond donors (Lipinski definition) is 0. The first kappa shape index (κ1) is 18.8. The van der Waals surface area contributed by atoms with E-state index < -0.39 is 10.9 Å². The maximum absolute atomic E-state index is 12.3. The molecule has 0 bridgehead atoms. The van der Waals surface area contributed by atoms with Crippen molar-refractivity contribution >= 4 is 28.6 Å². The summed E-state index contributed by atoms with van der Waals surface area (Å²) in [7, 11) is 2.99. The minimum atomic E-state index is -0.786. The van der Waals surface area contributed by atoms with Crippen LogP contribution in [0, 0.1) is 10.1 Å². The fourth-order valence-corrected chi connectivity index (χ4v) is 2.69. The van der Waals surface area contributed by atoms with Crippen LogP contribution in [-0.2, 0) is 4.79 Å². The summed E-state index contributed by atoms with van der Waals surface area (Å²) in [5, 5.41) is 11.9. The molecule has 3 rings (SSSR count). The van der Waals surface area contributed by atoms with E-state index in [0.29, 0.717) is 22.4 Å². The standard InChI is InChI=1S/C20H16N2O6/c1-26-16-7-3-5-14(19(16)27-2)9-11-17(23)28-20-15(22(24)25)10-8-13-6-4-12-21-18(13)20/h3-12H,1-2H3/b11-9+. The second kappa shape index (κ2) is 8.17. The number of carbonyl (C=O) groups is 1. The second-order valence-electron chi connectivity index (χ2n) is 5.58. The molecule has 1 aromatic heterocycles. The highest BCUT2D eigenvalue weighted by molar-refractivity contribution is 5.95. The minimum absolute atomic E-state index is 0.199. The van der Waals surface area contributed by atoms with Gasteiger partial charge in [0.05, 0.1) is 19.1 Å². The van der Waals surface area contributed by atoms with E-state index in [1.165, 1.54) is 32.6 Å². The van der Waals surface area contributed by atoms with Crippen LogP contribution in [0.2, 0.25) is 0 Å². The van der Waals surface area contributed by atoms with Gasteiger partial charge < -0.3 is 14.2 Å². The Hall–Kier alpha value is -3.94. The molecule has 0 N–H and O–H groups in total. The first-order valence-corrected chi connectivity index (χ1v) is 8.18. The van der Waals surface area contributed by atoms with E-state index in [-0.39, 0.29) is 17.0 Å². The van der Waals surface area contributed by atoms with Crippen molar-refractivity contribution < 1.29 is 23.9 Å². The number of aromatic nitrogens is 1. The smallest absolute Gasteiger partial charge is 0.336 e. The highest BCUT2D eigenvalue weighted by atomic mass is 16.6. The van der Waals surface area contributed by atoms with Crippen LogP contribution < -0.4 is 14.2 Å². The average Bonchev–Trinajstić information content (AvgIpc) is 2.71. The number of nitro groups is 1. The third-order valence-electron chi connectivity index (χ3n) is 3.94. The lowest BCUT2D eigenvalue weighted by Gasteiger charge is -2.10. The van der Waals surface area contributed by atoms with Crippen LogP contribution in [0.5, 0.6) is 17.2 Å². The summed E-state index contributed by atoms with van der Waals surface area (Å²) in [4.78, 5) is 27.1. The van der Waals surface area contributed by atoms with Crippen molar-refractivity contribution in [1.29, 1.82) is 0 Å². The number of benzene rings is 2. The number of carbonyl (C=O) groups excluding carboxylic acids is 1. The third-order valence-corrected chi connectivity index (χ3v) is 3.94. The van der Waals surface area contributed by atoms with Crippen LogP contribution in [0.3, 0.4) is 0 Å². The Bertz CT molecular complexity index is 1080. The van der Waals surface area contributed by atoms with E-state index in [9.17, 15) is 14.9 Å². The zero-order chi connectivity index (χ0) is 20.1. The number of fused-ring (bicyclic) bond motifs is 1. The largest absolute Gasteiger partial charge is 0.493 e. The molecular weight excluding hydrogens is 364 g/mol. The van der Waals surface area contributed by atoms with Crippen molar-refractivity contribution in [3.8, 4) is 17.2 Å². The number of pyridine rings is 1. The number of ether oxygens (including phenoxy) is 3. The number of rotatable bonds is 6.